The average Bonchev–Trinajstić information content (AvgIpc) is 3.11. The monoisotopic (exact) mass is 382 g/mol. The highest BCUT2D eigenvalue weighted by molar-refractivity contribution is 5.76. The molecule has 0 aliphatic heterocycles. The van der Waals surface area contributed by atoms with E-state index in [-0.39, 0.29) is 5.92 Å². The van der Waals surface area contributed by atoms with Gasteiger partial charge in [-0.25, -0.2) is 4.98 Å². The summed E-state index contributed by atoms with van der Waals surface area (Å²) in [6.07, 6.45) is 2.14. The lowest BCUT2D eigenvalue weighted by molar-refractivity contribution is 0.642. The van der Waals surface area contributed by atoms with Crippen molar-refractivity contribution in [3.8, 4) is 0 Å². The number of aromatic nitrogens is 2. The number of benzene rings is 3. The molecule has 2 heteroatoms. The molecule has 0 amide bonds. The Labute approximate surface area is 174 Å². The normalized spacial score (nSPS) is 12.6. The minimum absolute atomic E-state index is 0.256. The molecule has 4 rings (SSSR count). The van der Waals surface area contributed by atoms with Crippen molar-refractivity contribution in [2.45, 2.75) is 46.1 Å². The van der Waals surface area contributed by atoms with E-state index in [1.165, 1.54) is 22.2 Å². The summed E-state index contributed by atoms with van der Waals surface area (Å²) < 4.78 is 2.41. The highest BCUT2D eigenvalue weighted by Crippen LogP contribution is 2.28. The van der Waals surface area contributed by atoms with Gasteiger partial charge < -0.3 is 4.57 Å². The van der Waals surface area contributed by atoms with E-state index in [2.05, 4.69) is 104 Å². The first-order chi connectivity index (χ1) is 14.1. The summed E-state index contributed by atoms with van der Waals surface area (Å²) in [6.45, 7) is 7.75. The van der Waals surface area contributed by atoms with Gasteiger partial charge in [0.05, 0.1) is 11.0 Å². The maximum Gasteiger partial charge on any atom is 0.117 e. The van der Waals surface area contributed by atoms with Crippen LogP contribution >= 0.6 is 0 Å². The van der Waals surface area contributed by atoms with Gasteiger partial charge in [0.1, 0.15) is 5.82 Å². The van der Waals surface area contributed by atoms with Gasteiger partial charge in [0.15, 0.2) is 0 Å². The molecule has 1 atom stereocenters. The number of nitrogens with zero attached hydrogens (tertiary/aromatic N) is 2. The Hall–Kier alpha value is -2.87. The maximum absolute atomic E-state index is 5.04. The quantitative estimate of drug-likeness (QED) is 0.351. The van der Waals surface area contributed by atoms with E-state index in [0.717, 1.165) is 30.7 Å². The zero-order valence-electron chi connectivity index (χ0n) is 17.7. The second kappa shape index (κ2) is 8.65. The van der Waals surface area contributed by atoms with Crippen LogP contribution in [0, 0.1) is 5.92 Å². The van der Waals surface area contributed by atoms with Gasteiger partial charge in [-0.05, 0) is 47.6 Å². The van der Waals surface area contributed by atoms with E-state index in [1.54, 1.807) is 0 Å². The highest BCUT2D eigenvalue weighted by atomic mass is 15.1. The summed E-state index contributed by atoms with van der Waals surface area (Å²) in [7, 11) is 0. The molecule has 0 bridgehead atoms. The largest absolute Gasteiger partial charge is 0.327 e. The first-order valence-electron chi connectivity index (χ1n) is 10.7. The molecule has 1 aromatic heterocycles. The van der Waals surface area contributed by atoms with Crippen molar-refractivity contribution in [3.05, 3.63) is 101 Å². The summed E-state index contributed by atoms with van der Waals surface area (Å²) in [4.78, 5) is 5.04. The summed E-state index contributed by atoms with van der Waals surface area (Å²) in [5.74, 6) is 2.09. The Morgan fingerprint density at radius 3 is 2.17 bits per heavy atom. The van der Waals surface area contributed by atoms with Gasteiger partial charge in [0.25, 0.3) is 0 Å². The Morgan fingerprint density at radius 2 is 1.45 bits per heavy atom. The Morgan fingerprint density at radius 1 is 0.759 bits per heavy atom. The molecule has 4 aromatic rings. The zero-order valence-corrected chi connectivity index (χ0v) is 17.7. The van der Waals surface area contributed by atoms with E-state index >= 15 is 0 Å². The minimum Gasteiger partial charge on any atom is -0.327 e. The summed E-state index contributed by atoms with van der Waals surface area (Å²) >= 11 is 0. The number of hydrogen-bond donors (Lipinski definition) is 0. The first kappa shape index (κ1) is 19.4. The third-order valence-electron chi connectivity index (χ3n) is 5.66. The Bertz CT molecular complexity index is 1060. The molecule has 1 heterocycles. The van der Waals surface area contributed by atoms with Gasteiger partial charge in [-0.2, -0.15) is 0 Å². The minimum atomic E-state index is 0.256. The predicted octanol–water partition coefficient (Wildman–Crippen LogP) is 6.63. The van der Waals surface area contributed by atoms with Crippen LogP contribution in [0.5, 0.6) is 0 Å². The summed E-state index contributed by atoms with van der Waals surface area (Å²) in [6, 6.07) is 28.3. The van der Waals surface area contributed by atoms with E-state index in [0.29, 0.717) is 5.92 Å². The fraction of sp³-hybridized carbons (Fsp3) is 0.296. The molecule has 0 unspecified atom stereocenters. The molecule has 0 aliphatic carbocycles. The van der Waals surface area contributed by atoms with Gasteiger partial charge >= 0.3 is 0 Å². The second-order valence-electron chi connectivity index (χ2n) is 8.41. The van der Waals surface area contributed by atoms with Crippen molar-refractivity contribution in [2.75, 3.05) is 0 Å². The number of imidazole rings is 1. The van der Waals surface area contributed by atoms with E-state index in [9.17, 15) is 0 Å². The van der Waals surface area contributed by atoms with Crippen molar-refractivity contribution in [1.82, 2.24) is 9.55 Å². The van der Waals surface area contributed by atoms with Crippen LogP contribution in [0.1, 0.15) is 49.2 Å². The lowest BCUT2D eigenvalue weighted by Gasteiger charge is -2.16. The molecule has 0 radical (unpaired) electrons. The average molecular weight is 383 g/mol. The molecule has 0 saturated carbocycles. The van der Waals surface area contributed by atoms with E-state index < -0.39 is 0 Å². The van der Waals surface area contributed by atoms with Crippen LogP contribution in [0.3, 0.4) is 0 Å². The smallest absolute Gasteiger partial charge is 0.117 e. The van der Waals surface area contributed by atoms with Crippen LogP contribution in [0.25, 0.3) is 11.0 Å². The number of aryl methyl sites for hydroxylation is 2. The molecule has 0 spiro atoms. The lowest BCUT2D eigenvalue weighted by Crippen LogP contribution is -2.10. The van der Waals surface area contributed by atoms with Crippen LogP contribution < -0.4 is 0 Å². The highest BCUT2D eigenvalue weighted by Gasteiger charge is 2.18. The third kappa shape index (κ3) is 4.42. The number of para-hydroxylation sites is 2. The maximum atomic E-state index is 5.04. The molecule has 29 heavy (non-hydrogen) atoms. The van der Waals surface area contributed by atoms with Crippen molar-refractivity contribution in [2.24, 2.45) is 5.92 Å². The third-order valence-corrected chi connectivity index (χ3v) is 5.66. The fourth-order valence-corrected chi connectivity index (χ4v) is 4.11. The van der Waals surface area contributed by atoms with Crippen molar-refractivity contribution in [1.29, 1.82) is 0 Å². The van der Waals surface area contributed by atoms with Gasteiger partial charge in [0.2, 0.25) is 0 Å². The van der Waals surface area contributed by atoms with Crippen LogP contribution in [0.2, 0.25) is 0 Å². The molecule has 0 N–H and O–H groups in total. The van der Waals surface area contributed by atoms with Crippen molar-refractivity contribution in [3.63, 3.8) is 0 Å². The standard InChI is InChI=1S/C27H30N2/c1-20(2)19-23-13-15-24(16-14-23)21(3)27-28-25-11-7-8-12-26(25)29(27)18-17-22-9-5-4-6-10-22/h4-16,20-21H,17-19H2,1-3H3/t21-/m0/s1. The Balaban J connectivity index is 1.65. The van der Waals surface area contributed by atoms with Gasteiger partial charge in [0, 0.05) is 12.5 Å². The van der Waals surface area contributed by atoms with Crippen molar-refractivity contribution < 1.29 is 0 Å². The molecule has 0 aliphatic rings. The summed E-state index contributed by atoms with van der Waals surface area (Å²) in [5.41, 5.74) is 6.41. The second-order valence-corrected chi connectivity index (χ2v) is 8.41. The summed E-state index contributed by atoms with van der Waals surface area (Å²) in [5, 5.41) is 0. The van der Waals surface area contributed by atoms with Crippen LogP contribution in [0.15, 0.2) is 78.9 Å². The van der Waals surface area contributed by atoms with Crippen LogP contribution in [-0.4, -0.2) is 9.55 Å². The van der Waals surface area contributed by atoms with Gasteiger partial charge in [-0.3, -0.25) is 0 Å². The molecular weight excluding hydrogens is 352 g/mol. The predicted molar refractivity (Wildman–Crippen MR) is 122 cm³/mol. The molecule has 0 fully saturated rings. The van der Waals surface area contributed by atoms with Crippen molar-refractivity contribution >= 4 is 11.0 Å². The topological polar surface area (TPSA) is 17.8 Å². The molecule has 0 saturated heterocycles. The SMILES string of the molecule is CC(C)Cc1ccc([C@H](C)c2nc3ccccc3n2CCc2ccccc2)cc1. The molecular formula is C27H30N2. The number of fused-ring (bicyclic) bond motifs is 1. The number of hydrogen-bond acceptors (Lipinski definition) is 1. The zero-order chi connectivity index (χ0) is 20.2. The van der Waals surface area contributed by atoms with Crippen LogP contribution in [0.4, 0.5) is 0 Å². The molecule has 2 nitrogen and oxygen atoms in total. The van der Waals surface area contributed by atoms with Gasteiger partial charge in [-0.1, -0.05) is 87.5 Å². The fourth-order valence-electron chi connectivity index (χ4n) is 4.11. The lowest BCUT2D eigenvalue weighted by atomic mass is 9.96. The van der Waals surface area contributed by atoms with E-state index in [4.69, 9.17) is 4.98 Å². The van der Waals surface area contributed by atoms with Gasteiger partial charge in [-0.15, -0.1) is 0 Å². The first-order valence-corrected chi connectivity index (χ1v) is 10.7. The number of rotatable bonds is 7. The molecule has 148 valence electrons. The van der Waals surface area contributed by atoms with Crippen LogP contribution in [-0.2, 0) is 19.4 Å². The van der Waals surface area contributed by atoms with E-state index in [1.807, 2.05) is 0 Å². The Kier molecular flexibility index (Phi) is 5.80. The molecule has 3 aromatic carbocycles.